The van der Waals surface area contributed by atoms with Crippen molar-refractivity contribution in [1.82, 2.24) is 9.80 Å². The first-order valence-corrected chi connectivity index (χ1v) is 11.1. The Balaban J connectivity index is 1.54. The molecule has 0 aliphatic carbocycles. The van der Waals surface area contributed by atoms with Crippen molar-refractivity contribution in [3.05, 3.63) is 74.6 Å². The molecule has 3 aromatic rings. The Kier molecular flexibility index (Phi) is 5.63. The van der Waals surface area contributed by atoms with Gasteiger partial charge in [0, 0.05) is 31.2 Å². The van der Waals surface area contributed by atoms with Gasteiger partial charge >= 0.3 is 0 Å². The Bertz CT molecular complexity index is 1230. The lowest BCUT2D eigenvalue weighted by molar-refractivity contribution is 0.0353. The molecule has 7 nitrogen and oxygen atoms in total. The molecule has 32 heavy (non-hydrogen) atoms. The third kappa shape index (κ3) is 3.77. The van der Waals surface area contributed by atoms with Crippen LogP contribution in [-0.4, -0.2) is 60.2 Å². The minimum atomic E-state index is -0.631. The van der Waals surface area contributed by atoms with Crippen molar-refractivity contribution in [2.75, 3.05) is 39.4 Å². The van der Waals surface area contributed by atoms with E-state index < -0.39 is 6.04 Å². The molecule has 1 atom stereocenters. The van der Waals surface area contributed by atoms with Crippen molar-refractivity contribution >= 4 is 28.5 Å². The van der Waals surface area contributed by atoms with Crippen molar-refractivity contribution in [3.63, 3.8) is 0 Å². The molecule has 1 saturated heterocycles. The molecule has 3 heterocycles. The average molecular weight is 455 g/mol. The Morgan fingerprint density at radius 3 is 2.66 bits per heavy atom. The lowest BCUT2D eigenvalue weighted by Gasteiger charge is -2.29. The van der Waals surface area contributed by atoms with Crippen LogP contribution >= 0.6 is 11.6 Å². The molecule has 0 spiro atoms. The summed E-state index contributed by atoms with van der Waals surface area (Å²) in [5.41, 5.74) is 1.01. The van der Waals surface area contributed by atoms with E-state index in [1.165, 1.54) is 0 Å². The number of carbonyl (C=O) groups is 1. The second-order valence-electron chi connectivity index (χ2n) is 8.12. The highest BCUT2D eigenvalue weighted by atomic mass is 35.5. The van der Waals surface area contributed by atoms with Crippen molar-refractivity contribution in [2.45, 2.75) is 12.5 Å². The first kappa shape index (κ1) is 21.0. The highest BCUT2D eigenvalue weighted by molar-refractivity contribution is 6.31. The van der Waals surface area contributed by atoms with Gasteiger partial charge in [-0.15, -0.1) is 0 Å². The SMILES string of the molecule is O=C1c2oc3ccc(Cl)cc3c(=O)c2[C@@H](c2cccc(O)c2)N1CCCN1CCOCC1. The second kappa shape index (κ2) is 8.58. The van der Waals surface area contributed by atoms with Crippen LogP contribution in [0.15, 0.2) is 51.7 Å². The Labute approximate surface area is 189 Å². The van der Waals surface area contributed by atoms with Gasteiger partial charge in [-0.25, -0.2) is 0 Å². The average Bonchev–Trinajstić information content (AvgIpc) is 3.07. The van der Waals surface area contributed by atoms with Crippen LogP contribution in [0, 0.1) is 0 Å². The number of halogens is 1. The number of amides is 1. The van der Waals surface area contributed by atoms with Gasteiger partial charge in [-0.2, -0.15) is 0 Å². The van der Waals surface area contributed by atoms with E-state index in [0.29, 0.717) is 46.9 Å². The summed E-state index contributed by atoms with van der Waals surface area (Å²) in [7, 11) is 0. The normalized spacial score (nSPS) is 19.0. The molecular formula is C24H23ClN2O5. The fraction of sp³-hybridized carbons (Fsp3) is 0.333. The van der Waals surface area contributed by atoms with E-state index >= 15 is 0 Å². The molecule has 0 unspecified atom stereocenters. The molecule has 1 amide bonds. The highest BCUT2D eigenvalue weighted by Crippen LogP contribution is 2.39. The van der Waals surface area contributed by atoms with Crippen LogP contribution < -0.4 is 5.43 Å². The third-order valence-corrected chi connectivity index (χ3v) is 6.33. The Hall–Kier alpha value is -2.87. The van der Waals surface area contributed by atoms with Crippen LogP contribution in [0.2, 0.25) is 5.02 Å². The van der Waals surface area contributed by atoms with Gasteiger partial charge in [-0.1, -0.05) is 23.7 Å². The molecule has 2 aromatic carbocycles. The molecule has 0 bridgehead atoms. The van der Waals surface area contributed by atoms with Crippen LogP contribution in [0.3, 0.4) is 0 Å². The standard InChI is InChI=1S/C24H23ClN2O5/c25-16-5-6-19-18(14-16)22(29)20-21(15-3-1-4-17(28)13-15)27(24(30)23(20)32-19)8-2-7-26-9-11-31-12-10-26/h1,3-6,13-14,21,28H,2,7-12H2/t21-/m1/s1. The molecule has 1 aromatic heterocycles. The zero-order chi connectivity index (χ0) is 22.2. The summed E-state index contributed by atoms with van der Waals surface area (Å²) >= 11 is 6.11. The summed E-state index contributed by atoms with van der Waals surface area (Å²) in [5.74, 6) is -0.182. The van der Waals surface area contributed by atoms with Crippen molar-refractivity contribution in [1.29, 1.82) is 0 Å². The maximum absolute atomic E-state index is 13.5. The van der Waals surface area contributed by atoms with E-state index in [1.807, 2.05) is 6.07 Å². The smallest absolute Gasteiger partial charge is 0.290 e. The van der Waals surface area contributed by atoms with Crippen LogP contribution in [0.1, 0.15) is 34.1 Å². The second-order valence-corrected chi connectivity index (χ2v) is 8.55. The van der Waals surface area contributed by atoms with Crippen molar-refractivity contribution in [3.8, 4) is 5.75 Å². The zero-order valence-corrected chi connectivity index (χ0v) is 18.2. The molecule has 5 rings (SSSR count). The molecule has 2 aliphatic rings. The maximum Gasteiger partial charge on any atom is 0.290 e. The van der Waals surface area contributed by atoms with E-state index in [4.69, 9.17) is 20.8 Å². The Morgan fingerprint density at radius 1 is 1.06 bits per heavy atom. The molecular weight excluding hydrogens is 432 g/mol. The van der Waals surface area contributed by atoms with Crippen molar-refractivity contribution < 1.29 is 19.1 Å². The summed E-state index contributed by atoms with van der Waals surface area (Å²) in [4.78, 5) is 30.8. The number of aromatic hydroxyl groups is 1. The summed E-state index contributed by atoms with van der Waals surface area (Å²) in [5, 5.41) is 10.8. The van der Waals surface area contributed by atoms with E-state index in [1.54, 1.807) is 41.3 Å². The van der Waals surface area contributed by atoms with Gasteiger partial charge in [-0.05, 0) is 42.3 Å². The molecule has 8 heteroatoms. The van der Waals surface area contributed by atoms with Crippen LogP contribution in [0.4, 0.5) is 0 Å². The summed E-state index contributed by atoms with van der Waals surface area (Å²) in [6.07, 6.45) is 0.745. The highest BCUT2D eigenvalue weighted by Gasteiger charge is 2.42. The van der Waals surface area contributed by atoms with Crippen LogP contribution in [-0.2, 0) is 4.74 Å². The monoisotopic (exact) mass is 454 g/mol. The first-order valence-electron chi connectivity index (χ1n) is 10.7. The largest absolute Gasteiger partial charge is 0.508 e. The maximum atomic E-state index is 13.5. The molecule has 1 fully saturated rings. The van der Waals surface area contributed by atoms with Crippen LogP contribution in [0.25, 0.3) is 11.0 Å². The van der Waals surface area contributed by atoms with Gasteiger partial charge in [0.15, 0.2) is 5.43 Å². The number of fused-ring (bicyclic) bond motifs is 2. The zero-order valence-electron chi connectivity index (χ0n) is 17.4. The van der Waals surface area contributed by atoms with E-state index in [0.717, 1.165) is 26.1 Å². The fourth-order valence-corrected chi connectivity index (χ4v) is 4.73. The van der Waals surface area contributed by atoms with E-state index in [9.17, 15) is 14.7 Å². The number of nitrogens with zero attached hydrogens (tertiary/aromatic N) is 2. The van der Waals surface area contributed by atoms with Gasteiger partial charge in [0.2, 0.25) is 5.76 Å². The summed E-state index contributed by atoms with van der Waals surface area (Å²) in [6.45, 7) is 4.46. The number of hydrogen-bond donors (Lipinski definition) is 1. The molecule has 166 valence electrons. The number of hydrogen-bond acceptors (Lipinski definition) is 6. The predicted molar refractivity (Wildman–Crippen MR) is 120 cm³/mol. The number of phenolic OH excluding ortho intramolecular Hbond substituents is 1. The lowest BCUT2D eigenvalue weighted by atomic mass is 9.98. The van der Waals surface area contributed by atoms with Gasteiger partial charge in [-0.3, -0.25) is 14.5 Å². The quantitative estimate of drug-likeness (QED) is 0.636. The number of rotatable bonds is 5. The molecule has 0 radical (unpaired) electrons. The van der Waals surface area contributed by atoms with Gasteiger partial charge < -0.3 is 19.2 Å². The minimum Gasteiger partial charge on any atom is -0.508 e. The predicted octanol–water partition coefficient (Wildman–Crippen LogP) is 3.42. The number of ether oxygens (including phenoxy) is 1. The molecule has 1 N–H and O–H groups in total. The number of phenols is 1. The van der Waals surface area contributed by atoms with Crippen LogP contribution in [0.5, 0.6) is 5.75 Å². The fourth-order valence-electron chi connectivity index (χ4n) is 4.55. The topological polar surface area (TPSA) is 83.2 Å². The van der Waals surface area contributed by atoms with E-state index in [2.05, 4.69) is 4.90 Å². The van der Waals surface area contributed by atoms with Gasteiger partial charge in [0.05, 0.1) is 30.2 Å². The Morgan fingerprint density at radius 2 is 1.88 bits per heavy atom. The first-order chi connectivity index (χ1) is 15.5. The molecule has 2 aliphatic heterocycles. The van der Waals surface area contributed by atoms with E-state index in [-0.39, 0.29) is 22.8 Å². The third-order valence-electron chi connectivity index (χ3n) is 6.09. The lowest BCUT2D eigenvalue weighted by Crippen LogP contribution is -2.38. The number of morpholine rings is 1. The minimum absolute atomic E-state index is 0.0598. The van der Waals surface area contributed by atoms with Crippen molar-refractivity contribution in [2.24, 2.45) is 0 Å². The number of carbonyl (C=O) groups excluding carboxylic acids is 1. The van der Waals surface area contributed by atoms with Gasteiger partial charge in [0.25, 0.3) is 5.91 Å². The number of benzene rings is 2. The molecule has 0 saturated carbocycles. The summed E-state index contributed by atoms with van der Waals surface area (Å²) in [6, 6.07) is 10.8. The summed E-state index contributed by atoms with van der Waals surface area (Å²) < 4.78 is 11.3. The van der Waals surface area contributed by atoms with Gasteiger partial charge in [0.1, 0.15) is 11.3 Å².